The van der Waals surface area contributed by atoms with E-state index in [1.54, 1.807) is 25.7 Å². The van der Waals surface area contributed by atoms with Crippen LogP contribution >= 0.6 is 0 Å². The zero-order valence-electron chi connectivity index (χ0n) is 16.3. The number of nitrogens with one attached hydrogen (secondary N) is 1. The van der Waals surface area contributed by atoms with Crippen molar-refractivity contribution in [1.82, 2.24) is 5.32 Å². The monoisotopic (exact) mass is 398 g/mol. The van der Waals surface area contributed by atoms with Crippen LogP contribution in [0.2, 0.25) is 0 Å². The van der Waals surface area contributed by atoms with Crippen LogP contribution in [0.15, 0.2) is 6.07 Å². The smallest absolute Gasteiger partial charge is 0.407 e. The van der Waals surface area contributed by atoms with E-state index in [1.165, 1.54) is 0 Å². The molecule has 1 heterocycles. The van der Waals surface area contributed by atoms with E-state index in [0.717, 1.165) is 20.0 Å². The van der Waals surface area contributed by atoms with E-state index in [1.807, 2.05) is 0 Å². The summed E-state index contributed by atoms with van der Waals surface area (Å²) in [5.74, 6) is -4.04. The van der Waals surface area contributed by atoms with Crippen LogP contribution in [0.25, 0.3) is 0 Å². The van der Waals surface area contributed by atoms with Crippen LogP contribution in [0.3, 0.4) is 0 Å². The number of alkyl carbamates (subject to hydrolysis) is 1. The molecule has 1 aromatic carbocycles. The highest BCUT2D eigenvalue weighted by atomic mass is 19.1. The highest BCUT2D eigenvalue weighted by Gasteiger charge is 2.56. The van der Waals surface area contributed by atoms with Crippen molar-refractivity contribution in [2.45, 2.75) is 45.3 Å². The highest BCUT2D eigenvalue weighted by Crippen LogP contribution is 2.54. The number of carbonyl (C=O) groups is 2. The molecule has 154 valence electrons. The molecule has 7 nitrogen and oxygen atoms in total. The first-order chi connectivity index (χ1) is 13.0. The third-order valence-electron chi connectivity index (χ3n) is 5.13. The molecule has 1 aliphatic heterocycles. The average molecular weight is 398 g/mol. The van der Waals surface area contributed by atoms with Gasteiger partial charge in [-0.3, -0.25) is 0 Å². The molecule has 9 heteroatoms. The second kappa shape index (κ2) is 6.79. The van der Waals surface area contributed by atoms with E-state index in [9.17, 15) is 18.4 Å². The molecule has 0 radical (unpaired) electrons. The van der Waals surface area contributed by atoms with Crippen LogP contribution in [0, 0.1) is 17.0 Å². The number of anilines is 1. The lowest BCUT2D eigenvalue weighted by molar-refractivity contribution is 0.0493. The zero-order valence-corrected chi connectivity index (χ0v) is 16.3. The lowest BCUT2D eigenvalue weighted by atomic mass is 10.0. The number of aromatic carboxylic acids is 1. The maximum atomic E-state index is 14.7. The first-order valence-corrected chi connectivity index (χ1v) is 9.01. The largest absolute Gasteiger partial charge is 0.491 e. The molecule has 0 bridgehead atoms. The van der Waals surface area contributed by atoms with E-state index in [2.05, 4.69) is 5.32 Å². The molecule has 1 saturated carbocycles. The van der Waals surface area contributed by atoms with E-state index < -0.39 is 40.6 Å². The minimum Gasteiger partial charge on any atom is -0.491 e. The van der Waals surface area contributed by atoms with Gasteiger partial charge in [0.2, 0.25) is 0 Å². The van der Waals surface area contributed by atoms with Gasteiger partial charge in [-0.05, 0) is 39.7 Å². The Labute approximate surface area is 161 Å². The van der Waals surface area contributed by atoms with Gasteiger partial charge < -0.3 is 24.8 Å². The van der Waals surface area contributed by atoms with E-state index in [-0.39, 0.29) is 23.7 Å². The van der Waals surface area contributed by atoms with Gasteiger partial charge in [-0.2, -0.15) is 0 Å². The van der Waals surface area contributed by atoms with Crippen LogP contribution < -0.4 is 15.0 Å². The summed E-state index contributed by atoms with van der Waals surface area (Å²) in [5, 5.41) is 11.9. The minimum atomic E-state index is -1.58. The molecule has 3 rings (SSSR count). The fourth-order valence-corrected chi connectivity index (χ4v) is 3.68. The number of benzene rings is 1. The van der Waals surface area contributed by atoms with Crippen LogP contribution in [0.4, 0.5) is 19.3 Å². The molecule has 2 fully saturated rings. The Bertz CT molecular complexity index is 818. The fraction of sp³-hybridized carbons (Fsp3) is 0.579. The molecule has 28 heavy (non-hydrogen) atoms. The Morgan fingerprint density at radius 2 is 1.96 bits per heavy atom. The summed E-state index contributed by atoms with van der Waals surface area (Å²) in [5.41, 5.74) is -1.81. The van der Waals surface area contributed by atoms with Crippen molar-refractivity contribution in [1.29, 1.82) is 0 Å². The van der Waals surface area contributed by atoms with Gasteiger partial charge in [0, 0.05) is 18.5 Å². The predicted octanol–water partition coefficient (Wildman–Crippen LogP) is 3.17. The van der Waals surface area contributed by atoms with Crippen molar-refractivity contribution in [2.24, 2.45) is 5.41 Å². The number of carboxylic acid groups (broad SMARTS) is 1. The number of nitrogens with zero attached hydrogens (tertiary/aromatic N) is 1. The zero-order chi connectivity index (χ0) is 20.9. The number of ether oxygens (including phenoxy) is 2. The van der Waals surface area contributed by atoms with Crippen LogP contribution in [0.1, 0.15) is 44.0 Å². The summed E-state index contributed by atoms with van der Waals surface area (Å²) in [6.07, 6.45) is 1.11. The third-order valence-corrected chi connectivity index (χ3v) is 5.13. The van der Waals surface area contributed by atoms with Crippen molar-refractivity contribution in [3.05, 3.63) is 23.3 Å². The number of hydrogen-bond donors (Lipinski definition) is 2. The van der Waals surface area contributed by atoms with Gasteiger partial charge in [-0.1, -0.05) is 0 Å². The first-order valence-electron chi connectivity index (χ1n) is 9.01. The average Bonchev–Trinajstić information content (AvgIpc) is 3.25. The summed E-state index contributed by atoms with van der Waals surface area (Å²) >= 11 is 0. The Morgan fingerprint density at radius 1 is 1.32 bits per heavy atom. The Morgan fingerprint density at radius 3 is 2.46 bits per heavy atom. The third kappa shape index (κ3) is 3.70. The molecule has 2 N–H and O–H groups in total. The number of halogens is 2. The molecular weight excluding hydrogens is 374 g/mol. The fourth-order valence-electron chi connectivity index (χ4n) is 3.68. The number of amides is 1. The molecule has 1 aliphatic carbocycles. The first kappa shape index (κ1) is 20.2. The van der Waals surface area contributed by atoms with Crippen molar-refractivity contribution < 1.29 is 33.0 Å². The number of rotatable bonds is 4. The molecule has 2 aliphatic rings. The molecule has 1 saturated heterocycles. The predicted molar refractivity (Wildman–Crippen MR) is 96.9 cm³/mol. The summed E-state index contributed by atoms with van der Waals surface area (Å²) in [7, 11) is 1.16. The lowest BCUT2D eigenvalue weighted by Crippen LogP contribution is -2.44. The molecule has 1 spiro atoms. The number of hydrogen-bond acceptors (Lipinski definition) is 5. The van der Waals surface area contributed by atoms with Gasteiger partial charge in [0.05, 0.1) is 13.2 Å². The van der Waals surface area contributed by atoms with Crippen LogP contribution in [0.5, 0.6) is 5.75 Å². The SMILES string of the molecule is COc1c(F)c(C(=O)O)cc(F)c1N1CC(NC(=O)OC(C)(C)C)C2(CC2)C1. The Balaban J connectivity index is 1.87. The molecular formula is C19H24F2N2O5. The quantitative estimate of drug-likeness (QED) is 0.810. The molecule has 1 unspecified atom stereocenters. The summed E-state index contributed by atoms with van der Waals surface area (Å²) in [6.45, 7) is 5.90. The van der Waals surface area contributed by atoms with Gasteiger partial charge in [0.15, 0.2) is 17.4 Å². The minimum absolute atomic E-state index is 0.134. The normalized spacial score (nSPS) is 20.2. The molecule has 1 aromatic rings. The molecule has 1 atom stereocenters. The standard InChI is InChI=1S/C19H24F2N2O5/c1-18(2,3)28-17(26)22-12-8-23(9-19(12)5-6-19)14-11(20)7-10(16(24)25)13(21)15(14)27-4/h7,12H,5-6,8-9H2,1-4H3,(H,22,26)(H,24,25). The van der Waals surface area contributed by atoms with Crippen molar-refractivity contribution in [2.75, 3.05) is 25.1 Å². The van der Waals surface area contributed by atoms with Crippen molar-refractivity contribution in [3.63, 3.8) is 0 Å². The second-order valence-corrected chi connectivity index (χ2v) is 8.35. The summed E-state index contributed by atoms with van der Waals surface area (Å²) in [4.78, 5) is 24.9. The topological polar surface area (TPSA) is 88.1 Å². The second-order valence-electron chi connectivity index (χ2n) is 8.35. The van der Waals surface area contributed by atoms with Gasteiger partial charge in [-0.15, -0.1) is 0 Å². The van der Waals surface area contributed by atoms with Crippen LogP contribution in [-0.4, -0.2) is 49.0 Å². The summed E-state index contributed by atoms with van der Waals surface area (Å²) < 4.78 is 39.5. The van der Waals surface area contributed by atoms with Gasteiger partial charge in [0.25, 0.3) is 0 Å². The Hall–Kier alpha value is -2.58. The maximum absolute atomic E-state index is 14.7. The van der Waals surface area contributed by atoms with Crippen molar-refractivity contribution >= 4 is 17.7 Å². The van der Waals surface area contributed by atoms with Crippen LogP contribution in [-0.2, 0) is 4.74 Å². The van der Waals surface area contributed by atoms with E-state index in [4.69, 9.17) is 14.6 Å². The maximum Gasteiger partial charge on any atom is 0.407 e. The Kier molecular flexibility index (Phi) is 4.89. The molecule has 1 amide bonds. The van der Waals surface area contributed by atoms with Crippen molar-refractivity contribution in [3.8, 4) is 5.75 Å². The van der Waals surface area contributed by atoms with E-state index >= 15 is 0 Å². The van der Waals surface area contributed by atoms with Gasteiger partial charge >= 0.3 is 12.1 Å². The lowest BCUT2D eigenvalue weighted by Gasteiger charge is -2.24. The number of carboxylic acids is 1. The number of methoxy groups -OCH3 is 1. The van der Waals surface area contributed by atoms with Gasteiger partial charge in [0.1, 0.15) is 16.9 Å². The van der Waals surface area contributed by atoms with Gasteiger partial charge in [-0.25, -0.2) is 18.4 Å². The summed E-state index contributed by atoms with van der Waals surface area (Å²) in [6, 6.07) is 0.359. The number of carbonyl (C=O) groups excluding carboxylic acids is 1. The molecule has 0 aromatic heterocycles. The highest BCUT2D eigenvalue weighted by molar-refractivity contribution is 5.90. The van der Waals surface area contributed by atoms with E-state index in [0.29, 0.717) is 12.6 Å².